The Labute approximate surface area is 292 Å². The zero-order chi connectivity index (χ0) is 33.5. The number of anilines is 3. The Balaban J connectivity index is 1.05. The van der Waals surface area contributed by atoms with Crippen LogP contribution in [0.15, 0.2) is 133 Å². The highest BCUT2D eigenvalue weighted by molar-refractivity contribution is 5.90. The van der Waals surface area contributed by atoms with Gasteiger partial charge in [-0.25, -0.2) is 0 Å². The third-order valence-electron chi connectivity index (χ3n) is 10.9. The monoisotopic (exact) mass is 638 g/mol. The lowest BCUT2D eigenvalue weighted by Gasteiger charge is -2.33. The van der Waals surface area contributed by atoms with Crippen molar-refractivity contribution in [2.24, 2.45) is 0 Å². The maximum Gasteiger partial charge on any atom is 0.0443 e. The molecule has 0 aromatic heterocycles. The molecule has 0 unspecified atom stereocenters. The van der Waals surface area contributed by atoms with Crippen LogP contribution in [0, 0.1) is 0 Å². The first-order chi connectivity index (χ1) is 23.9. The molecule has 0 radical (unpaired) electrons. The van der Waals surface area contributed by atoms with Crippen molar-refractivity contribution in [3.63, 3.8) is 0 Å². The fourth-order valence-corrected chi connectivity index (χ4v) is 8.37. The van der Waals surface area contributed by atoms with Gasteiger partial charge in [0.05, 0.1) is 0 Å². The molecule has 49 heavy (non-hydrogen) atoms. The predicted molar refractivity (Wildman–Crippen MR) is 212 cm³/mol. The van der Waals surface area contributed by atoms with Crippen LogP contribution >= 0.6 is 0 Å². The van der Waals surface area contributed by atoms with Crippen molar-refractivity contribution in [3.05, 3.63) is 160 Å². The minimum absolute atomic E-state index is 0.0769. The molecule has 2 heteroatoms. The second-order valence-corrected chi connectivity index (χ2v) is 14.3. The van der Waals surface area contributed by atoms with E-state index in [4.69, 9.17) is 0 Å². The molecule has 5 aromatic rings. The highest BCUT2D eigenvalue weighted by atomic mass is 15.1. The molecule has 8 rings (SSSR count). The summed E-state index contributed by atoms with van der Waals surface area (Å²) in [5.41, 5.74) is 16.1. The zero-order valence-electron chi connectivity index (χ0n) is 29.3. The quantitative estimate of drug-likeness (QED) is 0.171. The van der Waals surface area contributed by atoms with Gasteiger partial charge in [0.2, 0.25) is 0 Å². The van der Waals surface area contributed by atoms with Crippen LogP contribution < -0.4 is 9.80 Å². The average Bonchev–Trinajstić information content (AvgIpc) is 3.36. The SMILES string of the molecule is C/C=C\C1=C(/C=C\C)N(c2ccc3c(c2)C(C)(C)c2cc(/C=C/c4ccc5cc(N6CCCc7ccccc76)ccc5c4)ccc2-3)CCC1. The fourth-order valence-electron chi connectivity index (χ4n) is 8.37. The molecule has 244 valence electrons. The van der Waals surface area contributed by atoms with Crippen molar-refractivity contribution < 1.29 is 0 Å². The molecule has 0 fully saturated rings. The Morgan fingerprint density at radius 1 is 0.571 bits per heavy atom. The van der Waals surface area contributed by atoms with E-state index in [0.717, 1.165) is 25.9 Å². The number of nitrogens with zero attached hydrogens (tertiary/aromatic N) is 2. The molecule has 1 aliphatic carbocycles. The van der Waals surface area contributed by atoms with Crippen LogP contribution in [-0.2, 0) is 11.8 Å². The summed E-state index contributed by atoms with van der Waals surface area (Å²) < 4.78 is 0. The molecular formula is C47H46N2. The van der Waals surface area contributed by atoms with E-state index >= 15 is 0 Å². The van der Waals surface area contributed by atoms with Gasteiger partial charge in [-0.2, -0.15) is 0 Å². The number of para-hydroxylation sites is 1. The van der Waals surface area contributed by atoms with Gasteiger partial charge in [0, 0.05) is 41.3 Å². The normalized spacial score (nSPS) is 17.1. The minimum Gasteiger partial charge on any atom is -0.341 e. The second kappa shape index (κ2) is 12.7. The van der Waals surface area contributed by atoms with Crippen LogP contribution in [0.5, 0.6) is 0 Å². The van der Waals surface area contributed by atoms with E-state index in [2.05, 4.69) is 171 Å². The summed E-state index contributed by atoms with van der Waals surface area (Å²) in [5, 5.41) is 2.56. The number of aryl methyl sites for hydroxylation is 1. The molecule has 0 bridgehead atoms. The molecule has 2 heterocycles. The average molecular weight is 639 g/mol. The Hall–Kier alpha value is -5.08. The molecule has 3 aliphatic rings. The van der Waals surface area contributed by atoms with Gasteiger partial charge in [-0.15, -0.1) is 0 Å². The summed E-state index contributed by atoms with van der Waals surface area (Å²) in [6, 6.07) is 36.8. The fraction of sp³-hybridized carbons (Fsp3) is 0.234. The lowest BCUT2D eigenvalue weighted by Crippen LogP contribution is -2.28. The summed E-state index contributed by atoms with van der Waals surface area (Å²) >= 11 is 0. The van der Waals surface area contributed by atoms with Crippen LogP contribution in [0.2, 0.25) is 0 Å². The van der Waals surface area contributed by atoms with Gasteiger partial charge < -0.3 is 9.80 Å². The number of fused-ring (bicyclic) bond motifs is 5. The number of rotatable bonds is 6. The maximum absolute atomic E-state index is 2.52. The minimum atomic E-state index is -0.0769. The van der Waals surface area contributed by atoms with E-state index in [0.29, 0.717) is 0 Å². The van der Waals surface area contributed by atoms with E-state index in [-0.39, 0.29) is 5.41 Å². The molecule has 0 spiro atoms. The number of hydrogen-bond donors (Lipinski definition) is 0. The highest BCUT2D eigenvalue weighted by Crippen LogP contribution is 2.50. The third kappa shape index (κ3) is 5.64. The van der Waals surface area contributed by atoms with Crippen LogP contribution in [0.25, 0.3) is 34.1 Å². The Morgan fingerprint density at radius 2 is 1.20 bits per heavy atom. The van der Waals surface area contributed by atoms with Crippen molar-refractivity contribution in [3.8, 4) is 11.1 Å². The van der Waals surface area contributed by atoms with Crippen LogP contribution in [0.4, 0.5) is 17.1 Å². The molecule has 0 saturated heterocycles. The number of hydrogen-bond acceptors (Lipinski definition) is 2. The smallest absolute Gasteiger partial charge is 0.0443 e. The molecule has 0 N–H and O–H groups in total. The second-order valence-electron chi connectivity index (χ2n) is 14.3. The van der Waals surface area contributed by atoms with Crippen LogP contribution in [-0.4, -0.2) is 13.1 Å². The lowest BCUT2D eigenvalue weighted by molar-refractivity contribution is 0.659. The van der Waals surface area contributed by atoms with E-state index < -0.39 is 0 Å². The molecule has 2 aliphatic heterocycles. The first-order valence-electron chi connectivity index (χ1n) is 18.1. The van der Waals surface area contributed by atoms with E-state index in [1.54, 1.807) is 0 Å². The molecule has 0 saturated carbocycles. The predicted octanol–water partition coefficient (Wildman–Crippen LogP) is 12.4. The molecule has 2 nitrogen and oxygen atoms in total. The zero-order valence-corrected chi connectivity index (χ0v) is 29.3. The van der Waals surface area contributed by atoms with Gasteiger partial charge in [-0.05, 0) is 137 Å². The van der Waals surface area contributed by atoms with Crippen LogP contribution in [0.3, 0.4) is 0 Å². The Kier molecular flexibility index (Phi) is 8.12. The summed E-state index contributed by atoms with van der Waals surface area (Å²) in [6.45, 7) is 11.1. The van der Waals surface area contributed by atoms with Gasteiger partial charge >= 0.3 is 0 Å². The summed E-state index contributed by atoms with van der Waals surface area (Å²) in [7, 11) is 0. The van der Waals surface area contributed by atoms with Crippen LogP contribution in [0.1, 0.15) is 74.8 Å². The van der Waals surface area contributed by atoms with Gasteiger partial charge in [-0.3, -0.25) is 0 Å². The van der Waals surface area contributed by atoms with Gasteiger partial charge in [0.25, 0.3) is 0 Å². The molecule has 0 amide bonds. The highest BCUT2D eigenvalue weighted by Gasteiger charge is 2.36. The summed E-state index contributed by atoms with van der Waals surface area (Å²) in [5.74, 6) is 0. The Morgan fingerprint density at radius 3 is 2.04 bits per heavy atom. The van der Waals surface area contributed by atoms with Crippen molar-refractivity contribution in [1.29, 1.82) is 0 Å². The van der Waals surface area contributed by atoms with Crippen molar-refractivity contribution in [2.75, 3.05) is 22.9 Å². The molecular weight excluding hydrogens is 593 g/mol. The van der Waals surface area contributed by atoms with E-state index in [9.17, 15) is 0 Å². The maximum atomic E-state index is 2.52. The number of benzene rings is 5. The largest absolute Gasteiger partial charge is 0.341 e. The lowest BCUT2D eigenvalue weighted by atomic mass is 9.81. The van der Waals surface area contributed by atoms with E-state index in [1.165, 1.54) is 90.9 Å². The summed E-state index contributed by atoms with van der Waals surface area (Å²) in [6.07, 6.45) is 18.1. The Bertz CT molecular complexity index is 2190. The van der Waals surface area contributed by atoms with Gasteiger partial charge in [-0.1, -0.05) is 105 Å². The van der Waals surface area contributed by atoms with Crippen molar-refractivity contribution in [2.45, 2.75) is 58.8 Å². The molecule has 5 aromatic carbocycles. The van der Waals surface area contributed by atoms with Crippen molar-refractivity contribution >= 4 is 40.0 Å². The molecule has 0 atom stereocenters. The topological polar surface area (TPSA) is 6.48 Å². The first kappa shape index (κ1) is 31.2. The summed E-state index contributed by atoms with van der Waals surface area (Å²) in [4.78, 5) is 5.00. The first-order valence-corrected chi connectivity index (χ1v) is 18.1. The standard InChI is InChI=1S/C47H46N2/c1-5-11-35-14-9-28-49(45(35)12-6-2)40-24-26-42-41-25-20-34(30-43(41)47(3,4)44(42)32-40)18-17-33-19-21-38-31-39(23-22-37(38)29-33)48-27-10-15-36-13-7-8-16-46(36)48/h5-8,11-13,16-26,29-32H,9-10,14-15,27-28H2,1-4H3/b11-5-,12-6-,18-17+. The van der Waals surface area contributed by atoms with Gasteiger partial charge in [0.15, 0.2) is 0 Å². The number of allylic oxidation sites excluding steroid dienone is 5. The van der Waals surface area contributed by atoms with Crippen molar-refractivity contribution in [1.82, 2.24) is 0 Å². The third-order valence-corrected chi connectivity index (χ3v) is 10.9. The van der Waals surface area contributed by atoms with E-state index in [1.807, 2.05) is 0 Å². The van der Waals surface area contributed by atoms with Gasteiger partial charge in [0.1, 0.15) is 0 Å².